The highest BCUT2D eigenvalue weighted by molar-refractivity contribution is 6.36. The summed E-state index contributed by atoms with van der Waals surface area (Å²) in [5.74, 6) is -0.835. The Hall–Kier alpha value is -2.51. The molecule has 0 unspecified atom stereocenters. The smallest absolute Gasteiger partial charge is 0.291 e. The fourth-order valence-electron chi connectivity index (χ4n) is 1.68. The molecule has 0 radical (unpaired) electrons. The molecular formula is C15H13Cl2N5O2. The summed E-state index contributed by atoms with van der Waals surface area (Å²) in [5.41, 5.74) is 3.30. The highest BCUT2D eigenvalue weighted by atomic mass is 35.5. The minimum atomic E-state index is -0.511. The maximum Gasteiger partial charge on any atom is 0.291 e. The van der Waals surface area contributed by atoms with E-state index in [0.29, 0.717) is 21.4 Å². The van der Waals surface area contributed by atoms with E-state index in [4.69, 9.17) is 23.2 Å². The topological polar surface area (TPSA) is 96.3 Å². The molecular weight excluding hydrogens is 353 g/mol. The first-order valence-corrected chi connectivity index (χ1v) is 7.55. The molecule has 1 heterocycles. The van der Waals surface area contributed by atoms with E-state index < -0.39 is 5.91 Å². The Morgan fingerprint density at radius 1 is 1.25 bits per heavy atom. The first-order chi connectivity index (χ1) is 11.5. The number of nitrogens with zero attached hydrogens (tertiary/aromatic N) is 3. The number of nitrogens with one attached hydrogen (secondary N) is 2. The molecule has 2 amide bonds. The Morgan fingerprint density at radius 2 is 2.04 bits per heavy atom. The van der Waals surface area contributed by atoms with Gasteiger partial charge in [-0.1, -0.05) is 23.2 Å². The van der Waals surface area contributed by atoms with Crippen LogP contribution in [0.2, 0.25) is 10.0 Å². The standard InChI is InChI=1S/C15H13Cl2N5O2/c1-9(21-22-15(24)13-8-18-4-5-19-13)6-14(23)20-12-3-2-10(16)7-11(12)17/h2-5,7-8H,6H2,1H3,(H,20,23)(H,22,24). The van der Waals surface area contributed by atoms with Crippen LogP contribution in [0.1, 0.15) is 23.8 Å². The van der Waals surface area contributed by atoms with Gasteiger partial charge in [-0.15, -0.1) is 0 Å². The van der Waals surface area contributed by atoms with Crippen molar-refractivity contribution < 1.29 is 9.59 Å². The maximum absolute atomic E-state index is 12.0. The van der Waals surface area contributed by atoms with E-state index in [1.807, 2.05) is 0 Å². The Morgan fingerprint density at radius 3 is 2.71 bits per heavy atom. The third kappa shape index (κ3) is 5.29. The number of carbonyl (C=O) groups is 2. The van der Waals surface area contributed by atoms with Gasteiger partial charge in [0.25, 0.3) is 5.91 Å². The quantitative estimate of drug-likeness (QED) is 0.628. The lowest BCUT2D eigenvalue weighted by atomic mass is 10.2. The fraction of sp³-hybridized carbons (Fsp3) is 0.133. The van der Waals surface area contributed by atoms with Crippen LogP contribution in [-0.4, -0.2) is 27.5 Å². The summed E-state index contributed by atoms with van der Waals surface area (Å²) in [6.45, 7) is 1.61. The van der Waals surface area contributed by atoms with Crippen LogP contribution in [0.15, 0.2) is 41.9 Å². The second-order valence-electron chi connectivity index (χ2n) is 4.73. The van der Waals surface area contributed by atoms with Crippen LogP contribution >= 0.6 is 23.2 Å². The van der Waals surface area contributed by atoms with Crippen LogP contribution in [0.5, 0.6) is 0 Å². The minimum Gasteiger partial charge on any atom is -0.324 e. The summed E-state index contributed by atoms with van der Waals surface area (Å²) in [7, 11) is 0. The van der Waals surface area contributed by atoms with E-state index in [9.17, 15) is 9.59 Å². The van der Waals surface area contributed by atoms with Gasteiger partial charge in [0.2, 0.25) is 5.91 Å². The van der Waals surface area contributed by atoms with E-state index in [1.165, 1.54) is 24.7 Å². The van der Waals surface area contributed by atoms with E-state index >= 15 is 0 Å². The zero-order chi connectivity index (χ0) is 17.5. The van der Waals surface area contributed by atoms with Crippen LogP contribution < -0.4 is 10.7 Å². The number of rotatable bonds is 5. The molecule has 1 aromatic heterocycles. The van der Waals surface area contributed by atoms with Crippen LogP contribution in [-0.2, 0) is 4.79 Å². The van der Waals surface area contributed by atoms with Crippen molar-refractivity contribution in [2.24, 2.45) is 5.10 Å². The van der Waals surface area contributed by atoms with Gasteiger partial charge in [-0.25, -0.2) is 10.4 Å². The predicted molar refractivity (Wildman–Crippen MR) is 92.3 cm³/mol. The molecule has 24 heavy (non-hydrogen) atoms. The molecule has 0 atom stereocenters. The number of hydrogen-bond acceptors (Lipinski definition) is 5. The molecule has 0 aliphatic rings. The number of amides is 2. The lowest BCUT2D eigenvalue weighted by Gasteiger charge is -2.07. The van der Waals surface area contributed by atoms with E-state index in [0.717, 1.165) is 0 Å². The monoisotopic (exact) mass is 365 g/mol. The lowest BCUT2D eigenvalue weighted by Crippen LogP contribution is -2.22. The first kappa shape index (κ1) is 17.8. The zero-order valence-corrected chi connectivity index (χ0v) is 14.1. The molecule has 0 spiro atoms. The van der Waals surface area contributed by atoms with Gasteiger partial charge in [-0.05, 0) is 25.1 Å². The molecule has 0 saturated carbocycles. The van der Waals surface area contributed by atoms with Crippen molar-refractivity contribution in [3.05, 3.63) is 52.5 Å². The van der Waals surface area contributed by atoms with Crippen LogP contribution in [0.3, 0.4) is 0 Å². The highest BCUT2D eigenvalue weighted by Crippen LogP contribution is 2.25. The Labute approximate surface area is 148 Å². The highest BCUT2D eigenvalue weighted by Gasteiger charge is 2.09. The van der Waals surface area contributed by atoms with Gasteiger partial charge >= 0.3 is 0 Å². The zero-order valence-electron chi connectivity index (χ0n) is 12.6. The van der Waals surface area contributed by atoms with Crippen molar-refractivity contribution in [2.75, 3.05) is 5.32 Å². The SMILES string of the molecule is CC(CC(=O)Nc1ccc(Cl)cc1Cl)=NNC(=O)c1cnccn1. The van der Waals surface area contributed by atoms with Gasteiger partial charge in [0.1, 0.15) is 5.69 Å². The molecule has 2 N–H and O–H groups in total. The first-order valence-electron chi connectivity index (χ1n) is 6.80. The third-order valence-corrected chi connectivity index (χ3v) is 3.31. The number of hydrazone groups is 1. The third-order valence-electron chi connectivity index (χ3n) is 2.77. The maximum atomic E-state index is 12.0. The summed E-state index contributed by atoms with van der Waals surface area (Å²) >= 11 is 11.8. The molecule has 0 aliphatic heterocycles. The van der Waals surface area contributed by atoms with Gasteiger partial charge < -0.3 is 5.32 Å². The van der Waals surface area contributed by atoms with Gasteiger partial charge in [-0.3, -0.25) is 14.6 Å². The van der Waals surface area contributed by atoms with E-state index in [1.54, 1.807) is 19.1 Å². The largest absolute Gasteiger partial charge is 0.324 e. The number of anilines is 1. The molecule has 0 saturated heterocycles. The Bertz CT molecular complexity index is 781. The predicted octanol–water partition coefficient (Wildman–Crippen LogP) is 2.92. The molecule has 0 bridgehead atoms. The van der Waals surface area contributed by atoms with Crippen molar-refractivity contribution in [1.29, 1.82) is 0 Å². The molecule has 2 rings (SSSR count). The van der Waals surface area contributed by atoms with Gasteiger partial charge in [0.05, 0.1) is 23.3 Å². The normalized spacial score (nSPS) is 11.0. The average Bonchev–Trinajstić information content (AvgIpc) is 2.56. The summed E-state index contributed by atoms with van der Waals surface area (Å²) < 4.78 is 0. The molecule has 124 valence electrons. The van der Waals surface area contributed by atoms with Crippen molar-refractivity contribution in [2.45, 2.75) is 13.3 Å². The average molecular weight is 366 g/mol. The van der Waals surface area contributed by atoms with Crippen LogP contribution in [0.4, 0.5) is 5.69 Å². The van der Waals surface area contributed by atoms with Crippen LogP contribution in [0.25, 0.3) is 0 Å². The summed E-state index contributed by atoms with van der Waals surface area (Å²) in [6, 6.07) is 4.75. The van der Waals surface area contributed by atoms with Crippen molar-refractivity contribution in [1.82, 2.24) is 15.4 Å². The van der Waals surface area contributed by atoms with Crippen molar-refractivity contribution in [3.63, 3.8) is 0 Å². The fourth-order valence-corrected chi connectivity index (χ4v) is 2.13. The van der Waals surface area contributed by atoms with E-state index in [2.05, 4.69) is 25.8 Å². The summed E-state index contributed by atoms with van der Waals surface area (Å²) in [5, 5.41) is 7.30. The van der Waals surface area contributed by atoms with Crippen LogP contribution in [0, 0.1) is 0 Å². The molecule has 7 nitrogen and oxygen atoms in total. The second-order valence-corrected chi connectivity index (χ2v) is 5.57. The van der Waals surface area contributed by atoms with Gasteiger partial charge in [0, 0.05) is 23.1 Å². The molecule has 0 aliphatic carbocycles. The lowest BCUT2D eigenvalue weighted by molar-refractivity contribution is -0.115. The van der Waals surface area contributed by atoms with E-state index in [-0.39, 0.29) is 18.0 Å². The molecule has 0 fully saturated rings. The molecule has 9 heteroatoms. The minimum absolute atomic E-state index is 0.0142. The second kappa shape index (κ2) is 8.37. The molecule has 1 aromatic carbocycles. The number of carbonyl (C=O) groups excluding carboxylic acids is 2. The van der Waals surface area contributed by atoms with Gasteiger partial charge in [0.15, 0.2) is 0 Å². The van der Waals surface area contributed by atoms with Crippen molar-refractivity contribution >= 4 is 46.4 Å². The number of halogens is 2. The summed E-state index contributed by atoms with van der Waals surface area (Å²) in [6.07, 6.45) is 4.15. The Kier molecular flexibility index (Phi) is 6.22. The Balaban J connectivity index is 1.90. The number of hydrogen-bond donors (Lipinski definition) is 2. The van der Waals surface area contributed by atoms with Crippen molar-refractivity contribution in [3.8, 4) is 0 Å². The summed E-state index contributed by atoms with van der Waals surface area (Å²) in [4.78, 5) is 31.3. The number of aromatic nitrogens is 2. The number of benzene rings is 1. The van der Waals surface area contributed by atoms with Gasteiger partial charge in [-0.2, -0.15) is 5.10 Å². The molecule has 2 aromatic rings.